The van der Waals surface area contributed by atoms with Gasteiger partial charge in [-0.25, -0.2) is 9.37 Å². The van der Waals surface area contributed by atoms with Gasteiger partial charge in [0.15, 0.2) is 0 Å². The van der Waals surface area contributed by atoms with Gasteiger partial charge in [0.2, 0.25) is 0 Å². The molecule has 9 nitrogen and oxygen atoms in total. The van der Waals surface area contributed by atoms with Crippen LogP contribution in [0.4, 0.5) is 10.2 Å². The number of hydrogen-bond acceptors (Lipinski definition) is 8. The van der Waals surface area contributed by atoms with Crippen LogP contribution in [0.5, 0.6) is 11.8 Å². The molecule has 5 rings (SSSR count). The minimum Gasteiger partial charge on any atom is -0.496 e. The Labute approximate surface area is 174 Å². The van der Waals surface area contributed by atoms with Crippen LogP contribution >= 0.6 is 11.3 Å². The van der Waals surface area contributed by atoms with Crippen LogP contribution in [-0.2, 0) is 19.6 Å². The zero-order valence-electron chi connectivity index (χ0n) is 16.3. The Bertz CT molecular complexity index is 1110. The van der Waals surface area contributed by atoms with Crippen molar-refractivity contribution in [2.24, 2.45) is 0 Å². The molecule has 0 saturated carbocycles. The highest BCUT2D eigenvalue weighted by Gasteiger charge is 2.42. The Balaban J connectivity index is 1.28. The smallest absolute Gasteiger partial charge is 0.415 e. The summed E-state index contributed by atoms with van der Waals surface area (Å²) in [6.45, 7) is 4.53. The minimum atomic E-state index is -0.524. The molecule has 2 aliphatic heterocycles. The molecule has 0 spiro atoms. The molecule has 0 saturated heterocycles. The fourth-order valence-electron chi connectivity index (χ4n) is 4.01. The molecule has 0 aliphatic carbocycles. The number of nitro groups is 1. The van der Waals surface area contributed by atoms with Crippen LogP contribution in [0.25, 0.3) is 10.6 Å². The zero-order chi connectivity index (χ0) is 21.0. The molecule has 1 aromatic carbocycles. The average Bonchev–Trinajstić information content (AvgIpc) is 3.39. The normalized spacial score (nSPS) is 20.1. The second kappa shape index (κ2) is 6.74. The largest absolute Gasteiger partial charge is 0.496 e. The van der Waals surface area contributed by atoms with Gasteiger partial charge in [0.05, 0.1) is 24.9 Å². The van der Waals surface area contributed by atoms with Crippen LogP contribution in [0.15, 0.2) is 24.4 Å². The molecular formula is C19H18FN5O4S. The summed E-state index contributed by atoms with van der Waals surface area (Å²) in [7, 11) is 1.52. The number of halogens is 1. The Morgan fingerprint density at radius 2 is 2.23 bits per heavy atom. The summed E-state index contributed by atoms with van der Waals surface area (Å²) in [4.78, 5) is 22.4. The third kappa shape index (κ3) is 3.19. The molecule has 0 N–H and O–H groups in total. The maximum atomic E-state index is 13.5. The van der Waals surface area contributed by atoms with E-state index in [4.69, 9.17) is 14.5 Å². The van der Waals surface area contributed by atoms with Gasteiger partial charge in [-0.1, -0.05) is 0 Å². The second-order valence-corrected chi connectivity index (χ2v) is 8.78. The Morgan fingerprint density at radius 3 is 2.93 bits per heavy atom. The lowest BCUT2D eigenvalue weighted by Crippen LogP contribution is -2.43. The van der Waals surface area contributed by atoms with Gasteiger partial charge in [0.25, 0.3) is 0 Å². The summed E-state index contributed by atoms with van der Waals surface area (Å²) in [6, 6.07) is 4.73. The molecule has 0 bridgehead atoms. The van der Waals surface area contributed by atoms with E-state index in [2.05, 4.69) is 9.88 Å². The molecule has 11 heteroatoms. The summed E-state index contributed by atoms with van der Waals surface area (Å²) >= 11 is 1.58. The van der Waals surface area contributed by atoms with E-state index >= 15 is 0 Å². The summed E-state index contributed by atoms with van der Waals surface area (Å²) in [5.41, 5.74) is 1.26. The molecule has 1 atom stereocenters. The van der Waals surface area contributed by atoms with E-state index in [-0.39, 0.29) is 17.6 Å². The maximum absolute atomic E-state index is 13.5. The van der Waals surface area contributed by atoms with E-state index in [0.717, 1.165) is 27.7 Å². The van der Waals surface area contributed by atoms with Crippen molar-refractivity contribution in [2.75, 3.05) is 13.7 Å². The summed E-state index contributed by atoms with van der Waals surface area (Å²) in [5.74, 6) is -0.0843. The van der Waals surface area contributed by atoms with Crippen molar-refractivity contribution in [3.8, 4) is 22.3 Å². The molecular weight excluding hydrogens is 413 g/mol. The number of hydrogen-bond donors (Lipinski definition) is 0. The lowest BCUT2D eigenvalue weighted by atomic mass is 10.1. The standard InChI is InChI=1S/C19H18FN5O4S/c1-19(10-24-8-16(25(26)27)22-18(24)29-19)9-23-6-13-15(7-23)30-17(21-13)12-4-3-11(20)5-14(12)28-2/h3-5,8H,6-7,9-10H2,1-2H3. The molecule has 156 valence electrons. The van der Waals surface area contributed by atoms with Crippen LogP contribution in [-0.4, -0.2) is 43.6 Å². The third-order valence-corrected chi connectivity index (χ3v) is 6.34. The van der Waals surface area contributed by atoms with Crippen molar-refractivity contribution in [3.05, 3.63) is 50.9 Å². The number of benzene rings is 1. The highest BCUT2D eigenvalue weighted by molar-refractivity contribution is 7.15. The van der Waals surface area contributed by atoms with Crippen LogP contribution in [0.2, 0.25) is 0 Å². The van der Waals surface area contributed by atoms with Crippen molar-refractivity contribution in [3.63, 3.8) is 0 Å². The molecule has 2 aliphatic rings. The lowest BCUT2D eigenvalue weighted by Gasteiger charge is -2.27. The number of fused-ring (bicyclic) bond motifs is 2. The topological polar surface area (TPSA) is 95.5 Å². The van der Waals surface area contributed by atoms with Crippen molar-refractivity contribution in [2.45, 2.75) is 32.2 Å². The minimum absolute atomic E-state index is 0.205. The fraction of sp³-hybridized carbons (Fsp3) is 0.368. The monoisotopic (exact) mass is 431 g/mol. The molecule has 1 unspecified atom stereocenters. The Hall–Kier alpha value is -3.05. The number of nitrogens with zero attached hydrogens (tertiary/aromatic N) is 5. The highest BCUT2D eigenvalue weighted by Crippen LogP contribution is 2.39. The molecule has 3 aromatic rings. The molecule has 0 radical (unpaired) electrons. The van der Waals surface area contributed by atoms with E-state index in [1.54, 1.807) is 22.0 Å². The van der Waals surface area contributed by atoms with Gasteiger partial charge in [-0.15, -0.1) is 11.3 Å². The number of ether oxygens (including phenoxy) is 2. The first-order valence-corrected chi connectivity index (χ1v) is 10.1. The Kier molecular flexibility index (Phi) is 4.26. The Morgan fingerprint density at radius 1 is 1.40 bits per heavy atom. The second-order valence-electron chi connectivity index (χ2n) is 7.70. The third-order valence-electron chi connectivity index (χ3n) is 5.23. The number of rotatable bonds is 5. The van der Waals surface area contributed by atoms with Crippen molar-refractivity contribution in [1.29, 1.82) is 0 Å². The van der Waals surface area contributed by atoms with E-state index < -0.39 is 10.5 Å². The predicted octanol–water partition coefficient (Wildman–Crippen LogP) is 3.23. The van der Waals surface area contributed by atoms with Gasteiger partial charge in [0, 0.05) is 35.6 Å². The van der Waals surface area contributed by atoms with Gasteiger partial charge in [-0.05, 0) is 24.0 Å². The first kappa shape index (κ1) is 18.9. The van der Waals surface area contributed by atoms with Crippen LogP contribution in [0, 0.1) is 15.9 Å². The SMILES string of the molecule is COc1cc(F)ccc1-c1nc2c(s1)CN(CC1(C)Cn3cc([N+](=O)[O-])nc3O1)C2. The zero-order valence-corrected chi connectivity index (χ0v) is 17.1. The fourth-order valence-corrected chi connectivity index (χ4v) is 5.15. The predicted molar refractivity (Wildman–Crippen MR) is 106 cm³/mol. The van der Waals surface area contributed by atoms with E-state index in [1.807, 2.05) is 6.92 Å². The van der Waals surface area contributed by atoms with Gasteiger partial charge < -0.3 is 19.6 Å². The van der Waals surface area contributed by atoms with Gasteiger partial charge in [-0.2, -0.15) is 0 Å². The maximum Gasteiger partial charge on any atom is 0.415 e. The van der Waals surface area contributed by atoms with E-state index in [9.17, 15) is 14.5 Å². The summed E-state index contributed by atoms with van der Waals surface area (Å²) in [5, 5.41) is 11.7. The van der Waals surface area contributed by atoms with E-state index in [0.29, 0.717) is 25.4 Å². The number of thiazole rings is 1. The first-order valence-electron chi connectivity index (χ1n) is 9.29. The quantitative estimate of drug-likeness (QED) is 0.452. The lowest BCUT2D eigenvalue weighted by molar-refractivity contribution is -0.389. The molecule has 30 heavy (non-hydrogen) atoms. The summed E-state index contributed by atoms with van der Waals surface area (Å²) < 4.78 is 26.4. The van der Waals surface area contributed by atoms with Gasteiger partial charge in [-0.3, -0.25) is 9.47 Å². The van der Waals surface area contributed by atoms with Crippen molar-refractivity contribution >= 4 is 17.2 Å². The van der Waals surface area contributed by atoms with Crippen LogP contribution in [0.3, 0.4) is 0 Å². The van der Waals surface area contributed by atoms with Gasteiger partial charge >= 0.3 is 11.8 Å². The highest BCUT2D eigenvalue weighted by atomic mass is 32.1. The summed E-state index contributed by atoms with van der Waals surface area (Å²) in [6.07, 6.45) is 1.41. The molecule has 2 aromatic heterocycles. The number of methoxy groups -OCH3 is 1. The van der Waals surface area contributed by atoms with Crippen LogP contribution < -0.4 is 9.47 Å². The molecule has 0 amide bonds. The molecule has 0 fully saturated rings. The first-order chi connectivity index (χ1) is 14.3. The van der Waals surface area contributed by atoms with E-state index in [1.165, 1.54) is 25.4 Å². The molecule has 4 heterocycles. The van der Waals surface area contributed by atoms with Crippen molar-refractivity contribution < 1.29 is 18.8 Å². The average molecular weight is 431 g/mol. The van der Waals surface area contributed by atoms with Crippen LogP contribution in [0.1, 0.15) is 17.5 Å². The number of aromatic nitrogens is 3. The van der Waals surface area contributed by atoms with Gasteiger partial charge in [0.1, 0.15) is 28.4 Å². The number of imidazole rings is 1. The van der Waals surface area contributed by atoms with Crippen molar-refractivity contribution in [1.82, 2.24) is 19.4 Å².